The summed E-state index contributed by atoms with van der Waals surface area (Å²) in [5.74, 6) is 0.707. The van der Waals surface area contributed by atoms with Gasteiger partial charge in [0, 0.05) is 17.8 Å². The Bertz CT molecular complexity index is 830. The molecule has 0 aromatic heterocycles. The minimum atomic E-state index is -0.185. The number of hydrogen-bond acceptors (Lipinski definition) is 5. The predicted octanol–water partition coefficient (Wildman–Crippen LogP) is 3.63. The lowest BCUT2D eigenvalue weighted by atomic mass is 10.0. The van der Waals surface area contributed by atoms with Crippen LogP contribution in [0.15, 0.2) is 53.6 Å². The average Bonchev–Trinajstić information content (AvgIpc) is 2.77. The number of amides is 1. The fourth-order valence-corrected chi connectivity index (χ4v) is 3.47. The predicted molar refractivity (Wildman–Crippen MR) is 117 cm³/mol. The van der Waals surface area contributed by atoms with Crippen LogP contribution in [-0.4, -0.2) is 43.3 Å². The number of nitrogens with zero attached hydrogens (tertiary/aromatic N) is 2. The summed E-state index contributed by atoms with van der Waals surface area (Å²) in [4.78, 5) is 14.5. The van der Waals surface area contributed by atoms with Gasteiger partial charge >= 0.3 is 0 Å². The summed E-state index contributed by atoms with van der Waals surface area (Å²) in [6.45, 7) is 5.20. The maximum Gasteiger partial charge on any atom is 0.259 e. The fraction of sp³-hybridized carbons (Fsp3) is 0.391. The van der Waals surface area contributed by atoms with E-state index in [4.69, 9.17) is 4.74 Å². The number of anilines is 1. The third-order valence-corrected chi connectivity index (χ3v) is 5.12. The van der Waals surface area contributed by atoms with Crippen molar-refractivity contribution in [3.8, 4) is 5.75 Å². The average molecular weight is 395 g/mol. The van der Waals surface area contributed by atoms with Gasteiger partial charge in [0.25, 0.3) is 5.91 Å². The van der Waals surface area contributed by atoms with Gasteiger partial charge in [0.05, 0.1) is 19.4 Å². The summed E-state index contributed by atoms with van der Waals surface area (Å²) < 4.78 is 5.55. The molecule has 154 valence electrons. The first-order chi connectivity index (χ1) is 14.2. The second kappa shape index (κ2) is 10.6. The summed E-state index contributed by atoms with van der Waals surface area (Å²) >= 11 is 0. The number of ether oxygens (including phenoxy) is 1. The van der Waals surface area contributed by atoms with Crippen LogP contribution < -0.4 is 15.5 Å². The summed E-state index contributed by atoms with van der Waals surface area (Å²) in [6, 6.07) is 15.7. The van der Waals surface area contributed by atoms with E-state index < -0.39 is 0 Å². The lowest BCUT2D eigenvalue weighted by molar-refractivity contribution is -0.119. The number of benzene rings is 2. The third-order valence-electron chi connectivity index (χ3n) is 5.12. The van der Waals surface area contributed by atoms with E-state index in [1.807, 2.05) is 49.4 Å². The zero-order chi connectivity index (χ0) is 20.5. The molecule has 3 rings (SSSR count). The van der Waals surface area contributed by atoms with Gasteiger partial charge in [0.2, 0.25) is 0 Å². The Balaban J connectivity index is 1.60. The number of para-hydroxylation sites is 1. The van der Waals surface area contributed by atoms with Crippen LogP contribution in [0.2, 0.25) is 0 Å². The molecule has 2 N–H and O–H groups in total. The molecule has 1 aliphatic rings. The third kappa shape index (κ3) is 6.32. The molecule has 29 heavy (non-hydrogen) atoms. The van der Waals surface area contributed by atoms with E-state index in [0.717, 1.165) is 47.9 Å². The zero-order valence-electron chi connectivity index (χ0n) is 17.3. The van der Waals surface area contributed by atoms with Crippen molar-refractivity contribution in [1.29, 1.82) is 0 Å². The first kappa shape index (κ1) is 20.9. The molecule has 6 nitrogen and oxygen atoms in total. The van der Waals surface area contributed by atoms with Crippen LogP contribution in [0.3, 0.4) is 0 Å². The van der Waals surface area contributed by atoms with Crippen molar-refractivity contribution in [2.75, 3.05) is 32.1 Å². The number of rotatable bonds is 8. The smallest absolute Gasteiger partial charge is 0.259 e. The molecule has 6 heteroatoms. The SMILES string of the molecule is COc1ccc(/C(C)=N\NC(=O)CNc2ccccc2)cc1CN1CCCCC1. The Morgan fingerprint density at radius 1 is 1.10 bits per heavy atom. The standard InChI is InChI=1S/C23H30N4O2/c1-18(25-26-23(28)16-24-21-9-5-3-6-10-21)19-11-12-22(29-2)20(15-19)17-27-13-7-4-8-14-27/h3,5-6,9-12,15,24H,4,7-8,13-14,16-17H2,1-2H3,(H,26,28)/b25-18-. The lowest BCUT2D eigenvalue weighted by Crippen LogP contribution is -2.29. The minimum absolute atomic E-state index is 0.170. The van der Waals surface area contributed by atoms with Crippen molar-refractivity contribution in [2.45, 2.75) is 32.7 Å². The maximum absolute atomic E-state index is 12.1. The molecule has 1 amide bonds. The summed E-state index contributed by atoms with van der Waals surface area (Å²) in [5.41, 5.74) is 6.43. The molecule has 0 bridgehead atoms. The van der Waals surface area contributed by atoms with Crippen LogP contribution in [0, 0.1) is 0 Å². The molecule has 1 heterocycles. The van der Waals surface area contributed by atoms with Crippen LogP contribution in [0.5, 0.6) is 5.75 Å². The molecule has 0 saturated carbocycles. The first-order valence-electron chi connectivity index (χ1n) is 10.2. The van der Waals surface area contributed by atoms with Crippen molar-refractivity contribution in [1.82, 2.24) is 10.3 Å². The van der Waals surface area contributed by atoms with E-state index in [-0.39, 0.29) is 12.5 Å². The number of carbonyl (C=O) groups is 1. The van der Waals surface area contributed by atoms with E-state index >= 15 is 0 Å². The molecule has 1 aliphatic heterocycles. The van der Waals surface area contributed by atoms with Crippen LogP contribution in [0.4, 0.5) is 5.69 Å². The van der Waals surface area contributed by atoms with Gasteiger partial charge < -0.3 is 10.1 Å². The highest BCUT2D eigenvalue weighted by Crippen LogP contribution is 2.23. The Morgan fingerprint density at radius 2 is 1.86 bits per heavy atom. The number of piperidine rings is 1. The molecule has 0 aliphatic carbocycles. The molecule has 1 saturated heterocycles. The second-order valence-corrected chi connectivity index (χ2v) is 7.32. The second-order valence-electron chi connectivity index (χ2n) is 7.32. The van der Waals surface area contributed by atoms with E-state index in [0.29, 0.717) is 0 Å². The summed E-state index contributed by atoms with van der Waals surface area (Å²) in [6.07, 6.45) is 3.83. The Hall–Kier alpha value is -2.86. The van der Waals surface area contributed by atoms with Crippen molar-refractivity contribution < 1.29 is 9.53 Å². The minimum Gasteiger partial charge on any atom is -0.496 e. The largest absolute Gasteiger partial charge is 0.496 e. The normalized spacial score (nSPS) is 15.0. The zero-order valence-corrected chi connectivity index (χ0v) is 17.3. The Morgan fingerprint density at radius 3 is 2.59 bits per heavy atom. The number of likely N-dealkylation sites (tertiary alicyclic amines) is 1. The molecule has 2 aromatic rings. The van der Waals surface area contributed by atoms with Gasteiger partial charge in [-0.25, -0.2) is 5.43 Å². The number of hydrogen-bond donors (Lipinski definition) is 2. The van der Waals surface area contributed by atoms with E-state index in [2.05, 4.69) is 26.8 Å². The summed E-state index contributed by atoms with van der Waals surface area (Å²) in [7, 11) is 1.70. The number of hydrazone groups is 1. The van der Waals surface area contributed by atoms with Crippen molar-refractivity contribution >= 4 is 17.3 Å². The highest BCUT2D eigenvalue weighted by Gasteiger charge is 2.14. The van der Waals surface area contributed by atoms with Crippen molar-refractivity contribution in [3.63, 3.8) is 0 Å². The van der Waals surface area contributed by atoms with Gasteiger partial charge in [-0.2, -0.15) is 5.10 Å². The maximum atomic E-state index is 12.1. The number of nitrogens with one attached hydrogen (secondary N) is 2. The molecular weight excluding hydrogens is 364 g/mol. The first-order valence-corrected chi connectivity index (χ1v) is 10.2. The van der Waals surface area contributed by atoms with Crippen LogP contribution in [0.1, 0.15) is 37.3 Å². The number of carbonyl (C=O) groups excluding carboxylic acids is 1. The highest BCUT2D eigenvalue weighted by atomic mass is 16.5. The molecule has 0 unspecified atom stereocenters. The van der Waals surface area contributed by atoms with Crippen molar-refractivity contribution in [3.05, 3.63) is 59.7 Å². The molecule has 0 spiro atoms. The van der Waals surface area contributed by atoms with Gasteiger partial charge in [-0.1, -0.05) is 24.6 Å². The molecule has 0 atom stereocenters. The lowest BCUT2D eigenvalue weighted by Gasteiger charge is -2.27. The van der Waals surface area contributed by atoms with Crippen molar-refractivity contribution in [2.24, 2.45) is 5.10 Å². The fourth-order valence-electron chi connectivity index (χ4n) is 3.47. The number of methoxy groups -OCH3 is 1. The van der Waals surface area contributed by atoms with Gasteiger partial charge in [0.1, 0.15) is 5.75 Å². The van der Waals surface area contributed by atoms with E-state index in [9.17, 15) is 4.79 Å². The topological polar surface area (TPSA) is 66.0 Å². The van der Waals surface area contributed by atoms with Crippen LogP contribution in [-0.2, 0) is 11.3 Å². The molecule has 2 aromatic carbocycles. The van der Waals surface area contributed by atoms with Crippen LogP contribution in [0.25, 0.3) is 0 Å². The quantitative estimate of drug-likeness (QED) is 0.530. The molecular formula is C23H30N4O2. The van der Waals surface area contributed by atoms with Gasteiger partial charge in [-0.05, 0) is 68.8 Å². The Kier molecular flexibility index (Phi) is 7.64. The molecule has 1 fully saturated rings. The highest BCUT2D eigenvalue weighted by molar-refractivity contribution is 5.99. The van der Waals surface area contributed by atoms with E-state index in [1.165, 1.54) is 19.3 Å². The monoisotopic (exact) mass is 394 g/mol. The van der Waals surface area contributed by atoms with Gasteiger partial charge in [-0.3, -0.25) is 9.69 Å². The van der Waals surface area contributed by atoms with Gasteiger partial charge in [-0.15, -0.1) is 0 Å². The van der Waals surface area contributed by atoms with Gasteiger partial charge in [0.15, 0.2) is 0 Å². The van der Waals surface area contributed by atoms with Crippen LogP contribution >= 0.6 is 0 Å². The summed E-state index contributed by atoms with van der Waals surface area (Å²) in [5, 5.41) is 7.35. The Labute approximate surface area is 172 Å². The molecule has 0 radical (unpaired) electrons. The van der Waals surface area contributed by atoms with E-state index in [1.54, 1.807) is 7.11 Å².